The molecule has 2 aliphatic rings. The number of anilines is 1. The molecule has 0 aromatic heterocycles. The number of nitrogens with one attached hydrogen (secondary N) is 1. The van der Waals surface area contributed by atoms with Gasteiger partial charge in [0.25, 0.3) is 0 Å². The van der Waals surface area contributed by atoms with E-state index in [0.29, 0.717) is 17.2 Å². The van der Waals surface area contributed by atoms with E-state index in [-0.39, 0.29) is 11.8 Å². The van der Waals surface area contributed by atoms with E-state index in [4.69, 9.17) is 4.74 Å². The van der Waals surface area contributed by atoms with Crippen molar-refractivity contribution in [2.45, 2.75) is 19.8 Å². The lowest BCUT2D eigenvalue weighted by Crippen LogP contribution is -2.47. The summed E-state index contributed by atoms with van der Waals surface area (Å²) in [4.78, 5) is 16.8. The molecule has 6 heteroatoms. The van der Waals surface area contributed by atoms with Crippen LogP contribution >= 0.6 is 0 Å². The van der Waals surface area contributed by atoms with Gasteiger partial charge in [-0.15, -0.1) is 0 Å². The van der Waals surface area contributed by atoms with E-state index in [0.717, 1.165) is 58.8 Å². The lowest BCUT2D eigenvalue weighted by molar-refractivity contribution is 0.0252. The summed E-state index contributed by atoms with van der Waals surface area (Å²) in [6.45, 7) is 7.87. The summed E-state index contributed by atoms with van der Waals surface area (Å²) in [5.41, 5.74) is 1.19. The summed E-state index contributed by atoms with van der Waals surface area (Å²) < 4.78 is 18.7. The van der Waals surface area contributed by atoms with E-state index in [1.54, 1.807) is 19.1 Å². The molecule has 2 fully saturated rings. The molecule has 132 valence electrons. The molecule has 5 nitrogen and oxygen atoms in total. The number of amides is 2. The van der Waals surface area contributed by atoms with Gasteiger partial charge < -0.3 is 15.0 Å². The highest BCUT2D eigenvalue weighted by Gasteiger charge is 2.26. The van der Waals surface area contributed by atoms with E-state index in [1.165, 1.54) is 6.07 Å². The van der Waals surface area contributed by atoms with Gasteiger partial charge in [-0.05, 0) is 49.4 Å². The van der Waals surface area contributed by atoms with E-state index in [9.17, 15) is 9.18 Å². The average molecular weight is 335 g/mol. The standard InChI is InChI=1S/C18H26FN3O2/c1-14-11-16(4-5-17(14)19)20-18(23)22-6-2-3-15(13-22)12-21-7-9-24-10-8-21/h4-5,11,15H,2-3,6-10,12-13H2,1H3,(H,20,23). The van der Waals surface area contributed by atoms with Crippen molar-refractivity contribution in [3.05, 3.63) is 29.6 Å². The summed E-state index contributed by atoms with van der Waals surface area (Å²) in [5, 5.41) is 2.89. The average Bonchev–Trinajstić information content (AvgIpc) is 2.59. The zero-order chi connectivity index (χ0) is 16.9. The van der Waals surface area contributed by atoms with Crippen LogP contribution in [-0.2, 0) is 4.74 Å². The highest BCUT2D eigenvalue weighted by atomic mass is 19.1. The van der Waals surface area contributed by atoms with Crippen molar-refractivity contribution in [1.82, 2.24) is 9.80 Å². The quantitative estimate of drug-likeness (QED) is 0.924. The van der Waals surface area contributed by atoms with E-state index >= 15 is 0 Å². The van der Waals surface area contributed by atoms with Crippen molar-refractivity contribution in [2.75, 3.05) is 51.3 Å². The molecule has 1 N–H and O–H groups in total. The number of likely N-dealkylation sites (tertiary alicyclic amines) is 1. The molecule has 2 saturated heterocycles. The molecule has 2 aliphatic heterocycles. The van der Waals surface area contributed by atoms with Crippen LogP contribution in [0.15, 0.2) is 18.2 Å². The molecule has 0 spiro atoms. The first-order valence-electron chi connectivity index (χ1n) is 8.74. The molecule has 2 heterocycles. The minimum Gasteiger partial charge on any atom is -0.379 e. The number of halogens is 1. The topological polar surface area (TPSA) is 44.8 Å². The lowest BCUT2D eigenvalue weighted by Gasteiger charge is -2.36. The molecule has 1 aromatic carbocycles. The lowest BCUT2D eigenvalue weighted by atomic mass is 9.97. The zero-order valence-electron chi connectivity index (χ0n) is 14.3. The Hall–Kier alpha value is -1.66. The fraction of sp³-hybridized carbons (Fsp3) is 0.611. The number of aryl methyl sites for hydroxylation is 1. The number of nitrogens with zero attached hydrogens (tertiary/aromatic N) is 2. The monoisotopic (exact) mass is 335 g/mol. The van der Waals surface area contributed by atoms with E-state index < -0.39 is 0 Å². The van der Waals surface area contributed by atoms with Crippen molar-refractivity contribution in [2.24, 2.45) is 5.92 Å². The second-order valence-electron chi connectivity index (χ2n) is 6.76. The maximum absolute atomic E-state index is 13.3. The Morgan fingerprint density at radius 3 is 2.88 bits per heavy atom. The van der Waals surface area contributed by atoms with E-state index in [2.05, 4.69) is 10.2 Å². The number of carbonyl (C=O) groups excluding carboxylic acids is 1. The second kappa shape index (κ2) is 7.94. The Morgan fingerprint density at radius 2 is 2.12 bits per heavy atom. The molecule has 0 aliphatic carbocycles. The SMILES string of the molecule is Cc1cc(NC(=O)N2CCCC(CN3CCOCC3)C2)ccc1F. The van der Waals surface area contributed by atoms with Crippen LogP contribution < -0.4 is 5.32 Å². The van der Waals surface area contributed by atoms with Gasteiger partial charge in [-0.1, -0.05) is 0 Å². The molecule has 1 unspecified atom stereocenters. The highest BCUT2D eigenvalue weighted by Crippen LogP contribution is 2.20. The largest absolute Gasteiger partial charge is 0.379 e. The van der Waals surface area contributed by atoms with E-state index in [1.807, 2.05) is 4.90 Å². The Bertz CT molecular complexity index is 575. The number of hydrogen-bond acceptors (Lipinski definition) is 3. The van der Waals surface area contributed by atoms with Crippen molar-refractivity contribution in [3.8, 4) is 0 Å². The molecule has 2 amide bonds. The number of benzene rings is 1. The first-order valence-corrected chi connectivity index (χ1v) is 8.74. The fourth-order valence-corrected chi connectivity index (χ4v) is 3.47. The third-order valence-corrected chi connectivity index (χ3v) is 4.84. The van der Waals surface area contributed by atoms with Gasteiger partial charge in [0.2, 0.25) is 0 Å². The molecule has 0 bridgehead atoms. The molecule has 1 aromatic rings. The molecule has 3 rings (SSSR count). The minimum atomic E-state index is -0.253. The van der Waals surface area contributed by atoms with Gasteiger partial charge in [-0.2, -0.15) is 0 Å². The second-order valence-corrected chi connectivity index (χ2v) is 6.76. The third kappa shape index (κ3) is 4.45. The summed E-state index contributed by atoms with van der Waals surface area (Å²) in [7, 11) is 0. The van der Waals surface area contributed by atoms with Crippen molar-refractivity contribution < 1.29 is 13.9 Å². The molecule has 1 atom stereocenters. The van der Waals surface area contributed by atoms with Crippen molar-refractivity contribution in [1.29, 1.82) is 0 Å². The van der Waals surface area contributed by atoms with Gasteiger partial charge in [0.15, 0.2) is 0 Å². The number of morpholine rings is 1. The number of hydrogen-bond donors (Lipinski definition) is 1. The molecule has 0 radical (unpaired) electrons. The predicted octanol–water partition coefficient (Wildman–Crippen LogP) is 2.71. The van der Waals surface area contributed by atoms with Crippen LogP contribution in [0.2, 0.25) is 0 Å². The summed E-state index contributed by atoms with van der Waals surface area (Å²) in [5.74, 6) is 0.258. The third-order valence-electron chi connectivity index (χ3n) is 4.84. The number of rotatable bonds is 3. The van der Waals surface area contributed by atoms with Crippen LogP contribution in [0.4, 0.5) is 14.9 Å². The smallest absolute Gasteiger partial charge is 0.321 e. The molecular formula is C18H26FN3O2. The van der Waals surface area contributed by atoms with Crippen LogP contribution in [-0.4, -0.2) is 61.8 Å². The van der Waals surface area contributed by atoms with Gasteiger partial charge in [0.05, 0.1) is 13.2 Å². The number of carbonyl (C=O) groups is 1. The van der Waals surface area contributed by atoms with Crippen LogP contribution in [0.5, 0.6) is 0 Å². The number of ether oxygens (including phenoxy) is 1. The first kappa shape index (κ1) is 17.2. The fourth-order valence-electron chi connectivity index (χ4n) is 3.47. The normalized spacial score (nSPS) is 22.4. The van der Waals surface area contributed by atoms with Gasteiger partial charge in [0.1, 0.15) is 5.82 Å². The highest BCUT2D eigenvalue weighted by molar-refractivity contribution is 5.89. The van der Waals surface area contributed by atoms with Gasteiger partial charge in [-0.3, -0.25) is 4.90 Å². The van der Waals surface area contributed by atoms with Crippen LogP contribution in [0.1, 0.15) is 18.4 Å². The predicted molar refractivity (Wildman–Crippen MR) is 91.7 cm³/mol. The number of urea groups is 1. The maximum Gasteiger partial charge on any atom is 0.321 e. The maximum atomic E-state index is 13.3. The summed E-state index contributed by atoms with van der Waals surface area (Å²) in [6, 6.07) is 4.58. The Kier molecular flexibility index (Phi) is 5.68. The molecule has 0 saturated carbocycles. The Labute approximate surface area is 142 Å². The van der Waals surface area contributed by atoms with Crippen molar-refractivity contribution >= 4 is 11.7 Å². The summed E-state index contributed by atoms with van der Waals surface area (Å²) >= 11 is 0. The van der Waals surface area contributed by atoms with Gasteiger partial charge in [-0.25, -0.2) is 9.18 Å². The van der Waals surface area contributed by atoms with Gasteiger partial charge in [0, 0.05) is 38.4 Å². The van der Waals surface area contributed by atoms with Crippen LogP contribution in [0, 0.1) is 18.7 Å². The van der Waals surface area contributed by atoms with Gasteiger partial charge >= 0.3 is 6.03 Å². The Balaban J connectivity index is 1.53. The summed E-state index contributed by atoms with van der Waals surface area (Å²) in [6.07, 6.45) is 2.20. The number of piperidine rings is 1. The minimum absolute atomic E-state index is 0.0901. The van der Waals surface area contributed by atoms with Crippen molar-refractivity contribution in [3.63, 3.8) is 0 Å². The molecule has 24 heavy (non-hydrogen) atoms. The Morgan fingerprint density at radius 1 is 1.33 bits per heavy atom. The first-order chi connectivity index (χ1) is 11.6. The van der Waals surface area contributed by atoms with Crippen LogP contribution in [0.25, 0.3) is 0 Å². The van der Waals surface area contributed by atoms with Crippen LogP contribution in [0.3, 0.4) is 0 Å². The zero-order valence-corrected chi connectivity index (χ0v) is 14.3. The molecular weight excluding hydrogens is 309 g/mol.